The molecule has 2 aliphatic rings. The van der Waals surface area contributed by atoms with Gasteiger partial charge in [-0.1, -0.05) is 18.2 Å². The lowest BCUT2D eigenvalue weighted by Crippen LogP contribution is -2.18. The van der Waals surface area contributed by atoms with E-state index in [9.17, 15) is 9.18 Å². The van der Waals surface area contributed by atoms with Crippen molar-refractivity contribution >= 4 is 23.0 Å². The molecule has 2 heterocycles. The van der Waals surface area contributed by atoms with Crippen LogP contribution < -0.4 is 19.7 Å². The average molecular weight is 474 g/mol. The zero-order valence-electron chi connectivity index (χ0n) is 19.1. The van der Waals surface area contributed by atoms with Gasteiger partial charge >= 0.3 is 5.97 Å². The molecule has 3 aromatic rings. The number of carboxylic acid groups (broad SMARTS) is 1. The van der Waals surface area contributed by atoms with Crippen LogP contribution in [0.4, 0.5) is 21.5 Å². The van der Waals surface area contributed by atoms with E-state index in [4.69, 9.17) is 19.8 Å². The van der Waals surface area contributed by atoms with Crippen molar-refractivity contribution in [3.8, 4) is 17.6 Å². The molecule has 0 aromatic heterocycles. The predicted molar refractivity (Wildman–Crippen MR) is 129 cm³/mol. The zero-order chi connectivity index (χ0) is 24.5. The van der Waals surface area contributed by atoms with Gasteiger partial charge in [0.05, 0.1) is 42.1 Å². The molecule has 2 unspecified atom stereocenters. The standard InChI is InChI=1S/C27H24FN3O4/c1-2-31(23-9-6-16(13-29)10-21(23)28)24-5-3-4-20-22(15-35-27(20)24)30-18-7-8-19-17(11-26(32)33)14-34-25(19)12-18/h3-10,12,17,22,30H,2,11,14-15H2,1H3,(H,32,33). The molecule has 0 amide bonds. The average Bonchev–Trinajstić information content (AvgIpc) is 3.44. The van der Waals surface area contributed by atoms with Crippen molar-refractivity contribution in [1.82, 2.24) is 0 Å². The Morgan fingerprint density at radius 1 is 1.14 bits per heavy atom. The Morgan fingerprint density at radius 2 is 2.00 bits per heavy atom. The summed E-state index contributed by atoms with van der Waals surface area (Å²) in [4.78, 5) is 12.9. The van der Waals surface area contributed by atoms with E-state index < -0.39 is 11.8 Å². The van der Waals surface area contributed by atoms with Crippen molar-refractivity contribution in [2.75, 3.05) is 30.0 Å². The molecule has 0 aliphatic carbocycles. The van der Waals surface area contributed by atoms with E-state index in [0.717, 1.165) is 22.5 Å². The third-order valence-corrected chi connectivity index (χ3v) is 6.42. The molecule has 2 atom stereocenters. The lowest BCUT2D eigenvalue weighted by Gasteiger charge is -2.25. The highest BCUT2D eigenvalue weighted by Gasteiger charge is 2.30. The van der Waals surface area contributed by atoms with Crippen LogP contribution in [0.5, 0.6) is 11.5 Å². The number of carboxylic acids is 1. The molecule has 0 bridgehead atoms. The SMILES string of the molecule is CCN(c1ccc(C#N)cc1F)c1cccc2c1OCC2Nc1ccc2c(c1)OCC2CC(=O)O. The molecule has 0 saturated heterocycles. The molecule has 0 saturated carbocycles. The van der Waals surface area contributed by atoms with Crippen molar-refractivity contribution < 1.29 is 23.8 Å². The summed E-state index contributed by atoms with van der Waals surface area (Å²) in [7, 11) is 0. The third kappa shape index (κ3) is 4.21. The molecule has 7 nitrogen and oxygen atoms in total. The van der Waals surface area contributed by atoms with Gasteiger partial charge in [-0.25, -0.2) is 4.39 Å². The van der Waals surface area contributed by atoms with E-state index in [2.05, 4.69) is 5.32 Å². The normalized spacial score (nSPS) is 17.5. The second-order valence-corrected chi connectivity index (χ2v) is 8.58. The zero-order valence-corrected chi connectivity index (χ0v) is 19.1. The summed E-state index contributed by atoms with van der Waals surface area (Å²) in [5.74, 6) is -0.0591. The maximum atomic E-state index is 14.8. The molecule has 2 aliphatic heterocycles. The Hall–Kier alpha value is -4.25. The van der Waals surface area contributed by atoms with Gasteiger partial charge in [0.15, 0.2) is 0 Å². The number of nitriles is 1. The van der Waals surface area contributed by atoms with Crippen molar-refractivity contribution in [1.29, 1.82) is 5.26 Å². The molecular weight excluding hydrogens is 449 g/mol. The number of carbonyl (C=O) groups is 1. The van der Waals surface area contributed by atoms with Crippen molar-refractivity contribution in [2.45, 2.75) is 25.3 Å². The Bertz CT molecular complexity index is 1340. The van der Waals surface area contributed by atoms with Gasteiger partial charge in [-0.15, -0.1) is 0 Å². The summed E-state index contributed by atoms with van der Waals surface area (Å²) in [6.07, 6.45) is 0.0418. The minimum Gasteiger partial charge on any atom is -0.493 e. The summed E-state index contributed by atoms with van der Waals surface area (Å²) in [5.41, 5.74) is 4.12. The number of fused-ring (bicyclic) bond motifs is 2. The van der Waals surface area contributed by atoms with Crippen molar-refractivity contribution in [3.05, 3.63) is 77.1 Å². The molecule has 3 aromatic carbocycles. The van der Waals surface area contributed by atoms with E-state index in [1.807, 2.05) is 54.3 Å². The highest BCUT2D eigenvalue weighted by Crippen LogP contribution is 2.45. The molecule has 0 radical (unpaired) electrons. The first-order chi connectivity index (χ1) is 17.0. The van der Waals surface area contributed by atoms with Crippen LogP contribution in [0.1, 0.15) is 42.0 Å². The molecule has 35 heavy (non-hydrogen) atoms. The van der Waals surface area contributed by atoms with Gasteiger partial charge in [0.25, 0.3) is 0 Å². The van der Waals surface area contributed by atoms with Gasteiger partial charge in [-0.3, -0.25) is 4.79 Å². The minimum absolute atomic E-state index is 0.0418. The molecular formula is C27H24FN3O4. The number of ether oxygens (including phenoxy) is 2. The summed E-state index contributed by atoms with van der Waals surface area (Å²) in [6, 6.07) is 17.8. The van der Waals surface area contributed by atoms with Crippen molar-refractivity contribution in [3.63, 3.8) is 0 Å². The number of halogens is 1. The van der Waals surface area contributed by atoms with E-state index in [0.29, 0.717) is 36.9 Å². The first-order valence-electron chi connectivity index (χ1n) is 11.5. The van der Waals surface area contributed by atoms with Crippen LogP contribution in [0.15, 0.2) is 54.6 Å². The van der Waals surface area contributed by atoms with E-state index in [-0.39, 0.29) is 23.9 Å². The number of hydrogen-bond acceptors (Lipinski definition) is 6. The van der Waals surface area contributed by atoms with E-state index >= 15 is 0 Å². The Labute approximate surface area is 202 Å². The van der Waals surface area contributed by atoms with Crippen LogP contribution in [0.2, 0.25) is 0 Å². The third-order valence-electron chi connectivity index (χ3n) is 6.42. The Morgan fingerprint density at radius 3 is 2.74 bits per heavy atom. The highest BCUT2D eigenvalue weighted by atomic mass is 19.1. The van der Waals surface area contributed by atoms with E-state index in [1.165, 1.54) is 6.07 Å². The number of rotatable bonds is 7. The number of hydrogen-bond donors (Lipinski definition) is 2. The summed E-state index contributed by atoms with van der Waals surface area (Å²) < 4.78 is 26.6. The summed E-state index contributed by atoms with van der Waals surface area (Å²) in [5, 5.41) is 21.6. The fourth-order valence-electron chi connectivity index (χ4n) is 4.78. The lowest BCUT2D eigenvalue weighted by molar-refractivity contribution is -0.137. The molecule has 0 spiro atoms. The van der Waals surface area contributed by atoms with Crippen LogP contribution in [0, 0.1) is 17.1 Å². The van der Waals surface area contributed by atoms with Crippen LogP contribution in [-0.4, -0.2) is 30.8 Å². The second-order valence-electron chi connectivity index (χ2n) is 8.58. The Balaban J connectivity index is 1.40. The predicted octanol–water partition coefficient (Wildman–Crippen LogP) is 5.35. The maximum absolute atomic E-state index is 14.8. The minimum atomic E-state index is -0.842. The molecule has 0 fully saturated rings. The molecule has 2 N–H and O–H groups in total. The van der Waals surface area contributed by atoms with Crippen LogP contribution in [-0.2, 0) is 4.79 Å². The summed E-state index contributed by atoms with van der Waals surface area (Å²) >= 11 is 0. The van der Waals surface area contributed by atoms with Gasteiger partial charge < -0.3 is 24.8 Å². The fourth-order valence-corrected chi connectivity index (χ4v) is 4.78. The van der Waals surface area contributed by atoms with Gasteiger partial charge in [-0.2, -0.15) is 5.26 Å². The monoisotopic (exact) mass is 473 g/mol. The van der Waals surface area contributed by atoms with Gasteiger partial charge in [-0.05, 0) is 37.3 Å². The largest absolute Gasteiger partial charge is 0.493 e. The number of nitrogens with one attached hydrogen (secondary N) is 1. The van der Waals surface area contributed by atoms with Gasteiger partial charge in [0.2, 0.25) is 0 Å². The molecule has 178 valence electrons. The topological polar surface area (TPSA) is 94.8 Å². The maximum Gasteiger partial charge on any atom is 0.304 e. The first kappa shape index (κ1) is 22.5. The second kappa shape index (κ2) is 9.18. The highest BCUT2D eigenvalue weighted by molar-refractivity contribution is 5.73. The smallest absolute Gasteiger partial charge is 0.304 e. The lowest BCUT2D eigenvalue weighted by atomic mass is 9.97. The van der Waals surface area contributed by atoms with E-state index in [1.54, 1.807) is 12.1 Å². The molecule has 5 rings (SSSR count). The fraction of sp³-hybridized carbons (Fsp3) is 0.259. The van der Waals surface area contributed by atoms with Gasteiger partial charge in [0.1, 0.15) is 23.9 Å². The van der Waals surface area contributed by atoms with Crippen LogP contribution >= 0.6 is 0 Å². The quantitative estimate of drug-likeness (QED) is 0.478. The Kier molecular flexibility index (Phi) is 5.91. The van der Waals surface area contributed by atoms with Crippen LogP contribution in [0.25, 0.3) is 0 Å². The van der Waals surface area contributed by atoms with Crippen molar-refractivity contribution in [2.24, 2.45) is 0 Å². The first-order valence-corrected chi connectivity index (χ1v) is 11.5. The number of benzene rings is 3. The molecule has 8 heteroatoms. The number of anilines is 3. The number of nitrogens with zero attached hydrogens (tertiary/aromatic N) is 2. The van der Waals surface area contributed by atoms with Crippen LogP contribution in [0.3, 0.4) is 0 Å². The summed E-state index contributed by atoms with van der Waals surface area (Å²) in [6.45, 7) is 3.21. The number of para-hydroxylation sites is 1. The number of aliphatic carboxylic acids is 1. The van der Waals surface area contributed by atoms with Gasteiger partial charge in [0, 0.05) is 35.3 Å².